The zero-order valence-corrected chi connectivity index (χ0v) is 19.5. The van der Waals surface area contributed by atoms with Gasteiger partial charge in [0.1, 0.15) is 29.4 Å². The minimum Gasteiger partial charge on any atom is -0.486 e. The summed E-state index contributed by atoms with van der Waals surface area (Å²) in [6.45, 7) is 4.14. The number of ether oxygens (including phenoxy) is 2. The molecule has 0 saturated heterocycles. The van der Waals surface area contributed by atoms with E-state index in [9.17, 15) is 4.79 Å². The van der Waals surface area contributed by atoms with Crippen LogP contribution >= 0.6 is 0 Å². The minimum atomic E-state index is -0.368. The molecule has 5 aromatic rings. The summed E-state index contributed by atoms with van der Waals surface area (Å²) in [7, 11) is 0. The number of aryl methyl sites for hydroxylation is 1. The SMILES string of the molecule is Cc1cc(=O)oc2cc(NC(C)c3oc(COc4ccccc4)cc3Oc3ccccc3)ccc12. The summed E-state index contributed by atoms with van der Waals surface area (Å²) < 4.78 is 23.6. The fourth-order valence-corrected chi connectivity index (χ4v) is 3.91. The van der Waals surface area contributed by atoms with Crippen LogP contribution in [0.3, 0.4) is 0 Å². The van der Waals surface area contributed by atoms with Crippen LogP contribution in [0, 0.1) is 6.92 Å². The quantitative estimate of drug-likeness (QED) is 0.243. The molecule has 176 valence electrons. The highest BCUT2D eigenvalue weighted by Gasteiger charge is 2.20. The number of nitrogens with one attached hydrogen (secondary N) is 1. The molecule has 0 aliphatic rings. The molecule has 0 aliphatic heterocycles. The van der Waals surface area contributed by atoms with Gasteiger partial charge in [-0.3, -0.25) is 0 Å². The molecule has 35 heavy (non-hydrogen) atoms. The van der Waals surface area contributed by atoms with Crippen LogP contribution in [0.4, 0.5) is 5.69 Å². The molecule has 2 aromatic heterocycles. The summed E-state index contributed by atoms with van der Waals surface area (Å²) in [6, 6.07) is 27.9. The Morgan fingerprint density at radius 2 is 1.57 bits per heavy atom. The van der Waals surface area contributed by atoms with Crippen LogP contribution in [0.15, 0.2) is 105 Å². The number of fused-ring (bicyclic) bond motifs is 1. The highest BCUT2D eigenvalue weighted by Crippen LogP contribution is 2.35. The molecule has 0 fully saturated rings. The van der Waals surface area contributed by atoms with Gasteiger partial charge < -0.3 is 23.6 Å². The van der Waals surface area contributed by atoms with Crippen molar-refractivity contribution < 1.29 is 18.3 Å². The van der Waals surface area contributed by atoms with Crippen molar-refractivity contribution in [1.82, 2.24) is 0 Å². The zero-order chi connectivity index (χ0) is 24.2. The second-order valence-corrected chi connectivity index (χ2v) is 8.28. The summed E-state index contributed by atoms with van der Waals surface area (Å²) in [5, 5.41) is 4.32. The summed E-state index contributed by atoms with van der Waals surface area (Å²) in [4.78, 5) is 11.8. The van der Waals surface area contributed by atoms with E-state index < -0.39 is 0 Å². The largest absolute Gasteiger partial charge is 0.486 e. The Morgan fingerprint density at radius 3 is 2.31 bits per heavy atom. The van der Waals surface area contributed by atoms with Crippen molar-refractivity contribution in [3.63, 3.8) is 0 Å². The highest BCUT2D eigenvalue weighted by molar-refractivity contribution is 5.83. The lowest BCUT2D eigenvalue weighted by Crippen LogP contribution is -2.07. The molecule has 2 heterocycles. The number of benzene rings is 3. The molecule has 0 spiro atoms. The third-order valence-electron chi connectivity index (χ3n) is 5.60. The minimum absolute atomic E-state index is 0.242. The molecular weight excluding hydrogens is 442 g/mol. The Bertz CT molecular complexity index is 1490. The first-order valence-electron chi connectivity index (χ1n) is 11.4. The number of anilines is 1. The van der Waals surface area contributed by atoms with Gasteiger partial charge in [0.25, 0.3) is 0 Å². The standard InChI is InChI=1S/C29H25NO5/c1-19-15-28(31)35-26-16-21(13-14-25(19)26)30-20(2)29-27(33-23-11-7-4-8-12-23)17-24(34-29)18-32-22-9-5-3-6-10-22/h3-17,20,30H,18H2,1-2H3. The van der Waals surface area contributed by atoms with Gasteiger partial charge in [-0.05, 0) is 55.8 Å². The topological polar surface area (TPSA) is 73.8 Å². The first kappa shape index (κ1) is 22.3. The van der Waals surface area contributed by atoms with Gasteiger partial charge in [0.05, 0.1) is 6.04 Å². The maximum atomic E-state index is 11.8. The summed E-state index contributed by atoms with van der Waals surface area (Å²) in [5.74, 6) is 3.34. The lowest BCUT2D eigenvalue weighted by molar-refractivity contribution is 0.264. The zero-order valence-electron chi connectivity index (χ0n) is 19.5. The monoisotopic (exact) mass is 467 g/mol. The first-order chi connectivity index (χ1) is 17.0. The molecule has 6 heteroatoms. The predicted octanol–water partition coefficient (Wildman–Crippen LogP) is 7.24. The molecule has 5 rings (SSSR count). The van der Waals surface area contributed by atoms with Gasteiger partial charge >= 0.3 is 5.63 Å². The van der Waals surface area contributed by atoms with Gasteiger partial charge in [-0.1, -0.05) is 36.4 Å². The summed E-state index contributed by atoms with van der Waals surface area (Å²) >= 11 is 0. The maximum Gasteiger partial charge on any atom is 0.336 e. The molecule has 1 N–H and O–H groups in total. The van der Waals surface area contributed by atoms with Crippen molar-refractivity contribution in [2.45, 2.75) is 26.5 Å². The van der Waals surface area contributed by atoms with Crippen molar-refractivity contribution in [1.29, 1.82) is 0 Å². The van der Waals surface area contributed by atoms with E-state index in [1.165, 1.54) is 6.07 Å². The molecule has 1 unspecified atom stereocenters. The number of hydrogen-bond acceptors (Lipinski definition) is 6. The second-order valence-electron chi connectivity index (χ2n) is 8.28. The van der Waals surface area contributed by atoms with E-state index in [2.05, 4.69) is 5.32 Å². The fraction of sp³-hybridized carbons (Fsp3) is 0.138. The Hall–Kier alpha value is -4.45. The van der Waals surface area contributed by atoms with Crippen LogP contribution in [0.2, 0.25) is 0 Å². The van der Waals surface area contributed by atoms with Crippen LogP contribution in [0.25, 0.3) is 11.0 Å². The Kier molecular flexibility index (Phi) is 6.26. The molecule has 1 atom stereocenters. The number of para-hydroxylation sites is 2. The molecule has 0 aliphatic carbocycles. The van der Waals surface area contributed by atoms with Crippen LogP contribution in [0.5, 0.6) is 17.2 Å². The van der Waals surface area contributed by atoms with E-state index in [0.29, 0.717) is 28.6 Å². The van der Waals surface area contributed by atoms with E-state index in [-0.39, 0.29) is 18.3 Å². The van der Waals surface area contributed by atoms with Crippen molar-refractivity contribution in [2.24, 2.45) is 0 Å². The van der Waals surface area contributed by atoms with E-state index in [0.717, 1.165) is 22.4 Å². The highest BCUT2D eigenvalue weighted by atomic mass is 16.5. The molecular formula is C29H25NO5. The van der Waals surface area contributed by atoms with Crippen molar-refractivity contribution in [3.8, 4) is 17.2 Å². The predicted molar refractivity (Wildman–Crippen MR) is 135 cm³/mol. The third kappa shape index (κ3) is 5.22. The van der Waals surface area contributed by atoms with Crippen LogP contribution in [-0.2, 0) is 6.61 Å². The van der Waals surface area contributed by atoms with Gasteiger partial charge in [-0.25, -0.2) is 4.79 Å². The van der Waals surface area contributed by atoms with Gasteiger partial charge in [-0.15, -0.1) is 0 Å². The summed E-state index contributed by atoms with van der Waals surface area (Å²) in [6.07, 6.45) is 0. The lowest BCUT2D eigenvalue weighted by atomic mass is 10.1. The van der Waals surface area contributed by atoms with Gasteiger partial charge in [0, 0.05) is 29.3 Å². The molecule has 0 saturated carbocycles. The van der Waals surface area contributed by atoms with Crippen LogP contribution in [0.1, 0.15) is 30.0 Å². The average molecular weight is 468 g/mol. The van der Waals surface area contributed by atoms with Crippen molar-refractivity contribution in [3.05, 3.63) is 118 Å². The van der Waals surface area contributed by atoms with Crippen molar-refractivity contribution in [2.75, 3.05) is 5.32 Å². The van der Waals surface area contributed by atoms with Crippen LogP contribution < -0.4 is 20.4 Å². The Labute approximate surface area is 202 Å². The Balaban J connectivity index is 1.41. The van der Waals surface area contributed by atoms with Gasteiger partial charge in [0.15, 0.2) is 11.5 Å². The lowest BCUT2D eigenvalue weighted by Gasteiger charge is -2.15. The van der Waals surface area contributed by atoms with E-state index >= 15 is 0 Å². The van der Waals surface area contributed by atoms with Gasteiger partial charge in [0.2, 0.25) is 0 Å². The number of furan rings is 1. The van der Waals surface area contributed by atoms with Crippen molar-refractivity contribution >= 4 is 16.7 Å². The number of hydrogen-bond donors (Lipinski definition) is 1. The molecule has 6 nitrogen and oxygen atoms in total. The average Bonchev–Trinajstić information content (AvgIpc) is 3.26. The molecule has 0 radical (unpaired) electrons. The molecule has 0 bridgehead atoms. The molecule has 0 amide bonds. The van der Waals surface area contributed by atoms with Crippen LogP contribution in [-0.4, -0.2) is 0 Å². The maximum absolute atomic E-state index is 11.8. The summed E-state index contributed by atoms with van der Waals surface area (Å²) in [5.41, 5.74) is 1.84. The third-order valence-corrected chi connectivity index (χ3v) is 5.60. The number of rotatable bonds is 8. The van der Waals surface area contributed by atoms with E-state index in [4.69, 9.17) is 18.3 Å². The Morgan fingerprint density at radius 1 is 0.857 bits per heavy atom. The normalized spacial score (nSPS) is 11.8. The van der Waals surface area contributed by atoms with E-state index in [1.54, 1.807) is 0 Å². The van der Waals surface area contributed by atoms with Gasteiger partial charge in [-0.2, -0.15) is 0 Å². The fourth-order valence-electron chi connectivity index (χ4n) is 3.91. The molecule has 3 aromatic carbocycles. The first-order valence-corrected chi connectivity index (χ1v) is 11.4. The second kappa shape index (κ2) is 9.81. The smallest absolute Gasteiger partial charge is 0.336 e. The van der Waals surface area contributed by atoms with E-state index in [1.807, 2.05) is 98.8 Å².